The highest BCUT2D eigenvalue weighted by atomic mass is 32.1. The molecule has 1 aliphatic carbocycles. The number of benzene rings is 1. The van der Waals surface area contributed by atoms with Gasteiger partial charge in [0.05, 0.1) is 12.7 Å². The third kappa shape index (κ3) is 5.32. The molecule has 7 heteroatoms. The molecule has 3 rings (SSSR count). The van der Waals surface area contributed by atoms with Gasteiger partial charge < -0.3 is 14.8 Å². The van der Waals surface area contributed by atoms with Gasteiger partial charge in [0.1, 0.15) is 5.00 Å². The highest BCUT2D eigenvalue weighted by Gasteiger charge is 2.28. The number of rotatable bonds is 6. The average molecular weight is 413 g/mol. The van der Waals surface area contributed by atoms with Crippen LogP contribution in [-0.2, 0) is 31.9 Å². The molecule has 29 heavy (non-hydrogen) atoms. The summed E-state index contributed by atoms with van der Waals surface area (Å²) >= 11 is 1.39. The zero-order chi connectivity index (χ0) is 20.8. The zero-order valence-corrected chi connectivity index (χ0v) is 17.2. The number of hydrogen-bond acceptors (Lipinski definition) is 6. The zero-order valence-electron chi connectivity index (χ0n) is 16.4. The molecular weight excluding hydrogens is 390 g/mol. The van der Waals surface area contributed by atoms with E-state index in [1.807, 2.05) is 30.3 Å². The molecule has 0 bridgehead atoms. The fourth-order valence-electron chi connectivity index (χ4n) is 3.23. The third-order valence-corrected chi connectivity index (χ3v) is 5.88. The minimum absolute atomic E-state index is 0.419. The Morgan fingerprint density at radius 2 is 2.00 bits per heavy atom. The molecule has 0 aliphatic heterocycles. The number of esters is 2. The quantitative estimate of drug-likeness (QED) is 0.575. The molecular formula is C22H23NO5S. The van der Waals surface area contributed by atoms with Crippen molar-refractivity contribution in [1.82, 2.24) is 0 Å². The molecule has 1 aromatic carbocycles. The summed E-state index contributed by atoms with van der Waals surface area (Å²) in [6, 6.07) is 9.30. The number of carbonyl (C=O) groups excluding carboxylic acids is 3. The predicted molar refractivity (Wildman–Crippen MR) is 112 cm³/mol. The molecule has 1 aliphatic rings. The Labute approximate surface area is 173 Å². The fraction of sp³-hybridized carbons (Fsp3) is 0.318. The van der Waals surface area contributed by atoms with Gasteiger partial charge in [0.25, 0.3) is 5.91 Å². The Hall–Kier alpha value is -2.93. The number of ether oxygens (including phenoxy) is 2. The minimum Gasteiger partial charge on any atom is -0.465 e. The lowest BCUT2D eigenvalue weighted by Gasteiger charge is -2.18. The molecule has 152 valence electrons. The smallest absolute Gasteiger partial charge is 0.341 e. The van der Waals surface area contributed by atoms with Gasteiger partial charge >= 0.3 is 11.9 Å². The molecule has 1 heterocycles. The van der Waals surface area contributed by atoms with E-state index in [-0.39, 0.29) is 0 Å². The second kappa shape index (κ2) is 9.52. The maximum atomic E-state index is 12.3. The molecule has 6 nitrogen and oxygen atoms in total. The molecule has 1 amide bonds. The van der Waals surface area contributed by atoms with Crippen LogP contribution in [0.1, 0.15) is 39.7 Å². The van der Waals surface area contributed by atoms with Crippen LogP contribution in [0.25, 0.3) is 6.08 Å². The Morgan fingerprint density at radius 3 is 2.72 bits per heavy atom. The van der Waals surface area contributed by atoms with E-state index >= 15 is 0 Å². The number of amides is 1. The van der Waals surface area contributed by atoms with Crippen LogP contribution in [0.3, 0.4) is 0 Å². The Balaban J connectivity index is 1.62. The molecule has 1 unspecified atom stereocenters. The normalized spacial score (nSPS) is 15.6. The van der Waals surface area contributed by atoms with Crippen molar-refractivity contribution in [2.24, 2.45) is 5.92 Å². The fourth-order valence-corrected chi connectivity index (χ4v) is 4.65. The first kappa shape index (κ1) is 20.8. The Morgan fingerprint density at radius 1 is 1.24 bits per heavy atom. The molecule has 0 spiro atoms. The van der Waals surface area contributed by atoms with Gasteiger partial charge in [0.15, 0.2) is 6.61 Å². The van der Waals surface area contributed by atoms with Crippen LogP contribution >= 0.6 is 11.3 Å². The van der Waals surface area contributed by atoms with Gasteiger partial charge in [-0.2, -0.15) is 0 Å². The summed E-state index contributed by atoms with van der Waals surface area (Å²) in [4.78, 5) is 37.5. The summed E-state index contributed by atoms with van der Waals surface area (Å²) in [5.41, 5.74) is 2.23. The predicted octanol–water partition coefficient (Wildman–Crippen LogP) is 3.85. The van der Waals surface area contributed by atoms with Crippen LogP contribution < -0.4 is 5.32 Å². The summed E-state index contributed by atoms with van der Waals surface area (Å²) in [6.07, 6.45) is 5.54. The van der Waals surface area contributed by atoms with Gasteiger partial charge in [-0.3, -0.25) is 4.79 Å². The van der Waals surface area contributed by atoms with Gasteiger partial charge in [-0.25, -0.2) is 9.59 Å². The van der Waals surface area contributed by atoms with Gasteiger partial charge in [0.2, 0.25) is 0 Å². The van der Waals surface area contributed by atoms with E-state index in [0.717, 1.165) is 35.3 Å². The standard InChI is InChI=1S/C22H23NO5S/c1-14-8-10-16-17(12-14)29-21(20(16)22(26)27-2)23-18(24)13-28-19(25)11-9-15-6-4-3-5-7-15/h3-7,9,11,14H,8,10,12-13H2,1-2H3,(H,23,24)/b11-9+. The van der Waals surface area contributed by atoms with E-state index in [0.29, 0.717) is 16.5 Å². The molecule has 0 radical (unpaired) electrons. The molecule has 1 atom stereocenters. The van der Waals surface area contributed by atoms with E-state index in [9.17, 15) is 14.4 Å². The van der Waals surface area contributed by atoms with Crippen molar-refractivity contribution in [1.29, 1.82) is 0 Å². The molecule has 1 N–H and O–H groups in total. The monoisotopic (exact) mass is 413 g/mol. The summed E-state index contributed by atoms with van der Waals surface area (Å²) in [5, 5.41) is 3.16. The summed E-state index contributed by atoms with van der Waals surface area (Å²) in [5.74, 6) is -1.04. The SMILES string of the molecule is COC(=O)c1c(NC(=O)COC(=O)/C=C/c2ccccc2)sc2c1CCC(C)C2. The lowest BCUT2D eigenvalue weighted by molar-refractivity contribution is -0.142. The van der Waals surface area contributed by atoms with Gasteiger partial charge in [-0.1, -0.05) is 37.3 Å². The van der Waals surface area contributed by atoms with Gasteiger partial charge in [-0.15, -0.1) is 11.3 Å². The number of anilines is 1. The van der Waals surface area contributed by atoms with Gasteiger partial charge in [0, 0.05) is 11.0 Å². The lowest BCUT2D eigenvalue weighted by atomic mass is 9.88. The van der Waals surface area contributed by atoms with Crippen molar-refractivity contribution < 1.29 is 23.9 Å². The average Bonchev–Trinajstić information content (AvgIpc) is 3.07. The summed E-state index contributed by atoms with van der Waals surface area (Å²) in [6.45, 7) is 1.73. The van der Waals surface area contributed by atoms with Crippen molar-refractivity contribution in [3.05, 3.63) is 58.0 Å². The highest BCUT2D eigenvalue weighted by Crippen LogP contribution is 2.39. The topological polar surface area (TPSA) is 81.7 Å². The number of thiophene rings is 1. The number of nitrogens with one attached hydrogen (secondary N) is 1. The van der Waals surface area contributed by atoms with E-state index < -0.39 is 24.5 Å². The number of hydrogen-bond donors (Lipinski definition) is 1. The van der Waals surface area contributed by atoms with Crippen molar-refractivity contribution in [3.63, 3.8) is 0 Å². The van der Waals surface area contributed by atoms with E-state index in [2.05, 4.69) is 12.2 Å². The first-order chi connectivity index (χ1) is 14.0. The Kier molecular flexibility index (Phi) is 6.82. The van der Waals surface area contributed by atoms with Crippen molar-refractivity contribution in [2.45, 2.75) is 26.2 Å². The molecule has 1 aromatic heterocycles. The lowest BCUT2D eigenvalue weighted by Crippen LogP contribution is -2.21. The van der Waals surface area contributed by atoms with E-state index in [1.165, 1.54) is 24.5 Å². The first-order valence-electron chi connectivity index (χ1n) is 9.40. The second-order valence-corrected chi connectivity index (χ2v) is 8.05. The second-order valence-electron chi connectivity index (χ2n) is 6.95. The molecule has 2 aromatic rings. The summed E-state index contributed by atoms with van der Waals surface area (Å²) < 4.78 is 9.90. The third-order valence-electron chi connectivity index (χ3n) is 4.71. The summed E-state index contributed by atoms with van der Waals surface area (Å²) in [7, 11) is 1.32. The van der Waals surface area contributed by atoms with Crippen LogP contribution in [0.5, 0.6) is 0 Å². The van der Waals surface area contributed by atoms with E-state index in [4.69, 9.17) is 9.47 Å². The van der Waals surface area contributed by atoms with E-state index in [1.54, 1.807) is 6.08 Å². The van der Waals surface area contributed by atoms with Crippen LogP contribution in [0, 0.1) is 5.92 Å². The van der Waals surface area contributed by atoms with Crippen LogP contribution in [-0.4, -0.2) is 31.6 Å². The molecule has 0 saturated carbocycles. The van der Waals surface area contributed by atoms with Gasteiger partial charge in [-0.05, 0) is 42.4 Å². The number of fused-ring (bicyclic) bond motifs is 1. The van der Waals surface area contributed by atoms with Crippen molar-refractivity contribution in [3.8, 4) is 0 Å². The number of methoxy groups -OCH3 is 1. The highest BCUT2D eigenvalue weighted by molar-refractivity contribution is 7.17. The number of carbonyl (C=O) groups is 3. The maximum absolute atomic E-state index is 12.3. The minimum atomic E-state index is -0.614. The largest absolute Gasteiger partial charge is 0.465 e. The Bertz CT molecular complexity index is 932. The maximum Gasteiger partial charge on any atom is 0.341 e. The first-order valence-corrected chi connectivity index (χ1v) is 10.2. The van der Waals surface area contributed by atoms with Crippen molar-refractivity contribution in [2.75, 3.05) is 19.0 Å². The van der Waals surface area contributed by atoms with Crippen LogP contribution in [0.4, 0.5) is 5.00 Å². The van der Waals surface area contributed by atoms with Crippen molar-refractivity contribution >= 4 is 40.3 Å². The molecule has 0 saturated heterocycles. The van der Waals surface area contributed by atoms with Crippen LogP contribution in [0.15, 0.2) is 36.4 Å². The van der Waals surface area contributed by atoms with Crippen LogP contribution in [0.2, 0.25) is 0 Å². The molecule has 0 fully saturated rings.